The van der Waals surface area contributed by atoms with Gasteiger partial charge in [0, 0.05) is 29.3 Å². The Bertz CT molecular complexity index is 1420. The molecule has 1 aliphatic carbocycles. The van der Waals surface area contributed by atoms with E-state index in [1.807, 2.05) is 32.3 Å². The molecule has 2 aliphatic rings. The van der Waals surface area contributed by atoms with Gasteiger partial charge in [0.2, 0.25) is 21.8 Å². The normalized spacial score (nSPS) is 16.3. The smallest absolute Gasteiger partial charge is 0.238 e. The monoisotopic (exact) mass is 495 g/mol. The average Bonchev–Trinajstić information content (AvgIpc) is 3.08. The van der Waals surface area contributed by atoms with Crippen molar-refractivity contribution in [2.24, 2.45) is 0 Å². The molecule has 35 heavy (non-hydrogen) atoms. The number of fused-ring (bicyclic) bond motifs is 4. The molecule has 2 aromatic heterocycles. The zero-order chi connectivity index (χ0) is 24.8. The summed E-state index contributed by atoms with van der Waals surface area (Å²) in [6.45, 7) is 1.26. The SMILES string of the molecule is CN(C)CCCOc1ncc(-c2ccc3ncc4c(c3c2)C2(CCC2)C(=O)N4)cc1NS(C)(=O)=O. The molecule has 3 aromatic rings. The zero-order valence-corrected chi connectivity index (χ0v) is 20.9. The first-order valence-electron chi connectivity index (χ1n) is 11.7. The molecule has 1 saturated carbocycles. The van der Waals surface area contributed by atoms with Crippen molar-refractivity contribution >= 4 is 38.2 Å². The van der Waals surface area contributed by atoms with Crippen LogP contribution < -0.4 is 14.8 Å². The Morgan fingerprint density at radius 2 is 1.94 bits per heavy atom. The number of pyridine rings is 2. The molecule has 5 rings (SSSR count). The molecule has 1 aliphatic heterocycles. The van der Waals surface area contributed by atoms with E-state index in [0.717, 1.165) is 71.8 Å². The number of nitrogens with zero attached hydrogens (tertiary/aromatic N) is 3. The van der Waals surface area contributed by atoms with Crippen molar-refractivity contribution in [2.45, 2.75) is 31.1 Å². The topological polar surface area (TPSA) is 114 Å². The number of sulfonamides is 1. The number of anilines is 2. The first-order chi connectivity index (χ1) is 16.7. The van der Waals surface area contributed by atoms with Crippen LogP contribution in [0.1, 0.15) is 31.2 Å². The first-order valence-corrected chi connectivity index (χ1v) is 13.6. The van der Waals surface area contributed by atoms with Crippen LogP contribution in [-0.2, 0) is 20.2 Å². The van der Waals surface area contributed by atoms with Gasteiger partial charge in [-0.15, -0.1) is 0 Å². The Hall–Kier alpha value is -3.24. The standard InChI is InChI=1S/C25H29N5O4S/c1-30(2)10-5-11-34-23-20(29-35(3,32)33)13-17(14-27-23)16-6-7-19-18(12-16)22-21(15-26-19)28-24(31)25(22)8-4-9-25/h6-7,12-15,29H,4-5,8-11H2,1-3H3,(H,28,31). The van der Waals surface area contributed by atoms with Crippen LogP contribution in [0.25, 0.3) is 22.0 Å². The number of ether oxygens (including phenoxy) is 1. The summed E-state index contributed by atoms with van der Waals surface area (Å²) in [5.41, 5.74) is 4.01. The second-order valence-electron chi connectivity index (χ2n) is 9.62. The highest BCUT2D eigenvalue weighted by Crippen LogP contribution is 2.53. The summed E-state index contributed by atoms with van der Waals surface area (Å²) in [4.78, 5) is 23.8. The van der Waals surface area contributed by atoms with E-state index in [-0.39, 0.29) is 11.8 Å². The molecule has 9 nitrogen and oxygen atoms in total. The Labute approximate surface area is 205 Å². The third-order valence-electron chi connectivity index (χ3n) is 6.70. The largest absolute Gasteiger partial charge is 0.476 e. The Morgan fingerprint density at radius 3 is 2.63 bits per heavy atom. The summed E-state index contributed by atoms with van der Waals surface area (Å²) in [6.07, 6.45) is 7.99. The minimum atomic E-state index is -3.54. The number of amides is 1. The fourth-order valence-corrected chi connectivity index (χ4v) is 5.44. The minimum absolute atomic E-state index is 0.0514. The first kappa shape index (κ1) is 23.5. The molecule has 1 aromatic carbocycles. The number of rotatable bonds is 8. The van der Waals surface area contributed by atoms with Crippen LogP contribution in [-0.4, -0.2) is 62.7 Å². The predicted molar refractivity (Wildman–Crippen MR) is 136 cm³/mol. The van der Waals surface area contributed by atoms with Gasteiger partial charge in [-0.3, -0.25) is 14.5 Å². The molecule has 1 spiro atoms. The van der Waals surface area contributed by atoms with Gasteiger partial charge in [0.05, 0.1) is 35.7 Å². The number of hydrogen-bond donors (Lipinski definition) is 2. The molecule has 1 amide bonds. The molecule has 1 fully saturated rings. The van der Waals surface area contributed by atoms with Crippen molar-refractivity contribution in [3.05, 3.63) is 42.2 Å². The number of benzene rings is 1. The van der Waals surface area contributed by atoms with Crippen LogP contribution in [0, 0.1) is 0 Å². The fraction of sp³-hybridized carbons (Fsp3) is 0.400. The van der Waals surface area contributed by atoms with Crippen LogP contribution in [0.5, 0.6) is 5.88 Å². The number of carbonyl (C=O) groups excluding carboxylic acids is 1. The highest BCUT2D eigenvalue weighted by molar-refractivity contribution is 7.92. The second-order valence-corrected chi connectivity index (χ2v) is 11.4. The number of hydrogen-bond acceptors (Lipinski definition) is 7. The average molecular weight is 496 g/mol. The summed E-state index contributed by atoms with van der Waals surface area (Å²) in [5.74, 6) is 0.292. The van der Waals surface area contributed by atoms with Crippen molar-refractivity contribution < 1.29 is 17.9 Å². The van der Waals surface area contributed by atoms with E-state index in [1.54, 1.807) is 18.5 Å². The number of carbonyl (C=O) groups is 1. The van der Waals surface area contributed by atoms with E-state index in [4.69, 9.17) is 4.74 Å². The third-order valence-corrected chi connectivity index (χ3v) is 7.30. The summed E-state index contributed by atoms with van der Waals surface area (Å²) in [6, 6.07) is 7.60. The summed E-state index contributed by atoms with van der Waals surface area (Å²) < 4.78 is 32.4. The van der Waals surface area contributed by atoms with Crippen molar-refractivity contribution in [1.29, 1.82) is 0 Å². The van der Waals surface area contributed by atoms with Gasteiger partial charge in [0.1, 0.15) is 5.69 Å². The highest BCUT2D eigenvalue weighted by Gasteiger charge is 2.52. The van der Waals surface area contributed by atoms with E-state index in [0.29, 0.717) is 12.3 Å². The highest BCUT2D eigenvalue weighted by atomic mass is 32.2. The van der Waals surface area contributed by atoms with Gasteiger partial charge in [-0.05, 0) is 57.1 Å². The molecule has 0 saturated heterocycles. The van der Waals surface area contributed by atoms with Gasteiger partial charge in [-0.2, -0.15) is 0 Å². The Kier molecular flexibility index (Phi) is 5.88. The molecule has 10 heteroatoms. The van der Waals surface area contributed by atoms with Crippen LogP contribution >= 0.6 is 0 Å². The van der Waals surface area contributed by atoms with E-state index < -0.39 is 15.4 Å². The van der Waals surface area contributed by atoms with Gasteiger partial charge >= 0.3 is 0 Å². The summed E-state index contributed by atoms with van der Waals surface area (Å²) in [7, 11) is 0.429. The van der Waals surface area contributed by atoms with E-state index in [9.17, 15) is 13.2 Å². The molecule has 2 N–H and O–H groups in total. The van der Waals surface area contributed by atoms with Crippen molar-refractivity contribution in [2.75, 3.05) is 43.5 Å². The van der Waals surface area contributed by atoms with Crippen molar-refractivity contribution in [3.8, 4) is 17.0 Å². The lowest BCUT2D eigenvalue weighted by atomic mass is 9.64. The predicted octanol–water partition coefficient (Wildman–Crippen LogP) is 3.37. The summed E-state index contributed by atoms with van der Waals surface area (Å²) in [5, 5.41) is 3.94. The second kappa shape index (κ2) is 8.76. The maximum absolute atomic E-state index is 12.8. The van der Waals surface area contributed by atoms with Crippen LogP contribution in [0.3, 0.4) is 0 Å². The molecule has 0 atom stereocenters. The van der Waals surface area contributed by atoms with Gasteiger partial charge in [-0.1, -0.05) is 12.5 Å². The fourth-order valence-electron chi connectivity index (χ4n) is 4.89. The van der Waals surface area contributed by atoms with Gasteiger partial charge in [0.25, 0.3) is 0 Å². The maximum Gasteiger partial charge on any atom is 0.238 e. The van der Waals surface area contributed by atoms with E-state index >= 15 is 0 Å². The third kappa shape index (κ3) is 4.43. The number of nitrogens with one attached hydrogen (secondary N) is 2. The van der Waals surface area contributed by atoms with Gasteiger partial charge in [-0.25, -0.2) is 13.4 Å². The minimum Gasteiger partial charge on any atom is -0.476 e. The number of aromatic nitrogens is 2. The van der Waals surface area contributed by atoms with E-state index in [2.05, 4.69) is 24.9 Å². The molecule has 0 radical (unpaired) electrons. The molecule has 0 unspecified atom stereocenters. The molecule has 184 valence electrons. The lowest BCUT2D eigenvalue weighted by molar-refractivity contribution is -0.123. The van der Waals surface area contributed by atoms with E-state index in [1.165, 1.54) is 0 Å². The zero-order valence-electron chi connectivity index (χ0n) is 20.1. The van der Waals surface area contributed by atoms with Crippen LogP contribution in [0.15, 0.2) is 36.7 Å². The summed E-state index contributed by atoms with van der Waals surface area (Å²) >= 11 is 0. The van der Waals surface area contributed by atoms with Crippen molar-refractivity contribution in [3.63, 3.8) is 0 Å². The van der Waals surface area contributed by atoms with Gasteiger partial charge < -0.3 is 15.0 Å². The van der Waals surface area contributed by atoms with Crippen LogP contribution in [0.4, 0.5) is 11.4 Å². The van der Waals surface area contributed by atoms with Crippen molar-refractivity contribution in [1.82, 2.24) is 14.9 Å². The maximum atomic E-state index is 12.8. The van der Waals surface area contributed by atoms with Gasteiger partial charge in [0.15, 0.2) is 0 Å². The molecule has 3 heterocycles. The Balaban J connectivity index is 1.53. The Morgan fingerprint density at radius 1 is 1.14 bits per heavy atom. The molecular weight excluding hydrogens is 466 g/mol. The quantitative estimate of drug-likeness (QED) is 0.461. The van der Waals surface area contributed by atoms with Crippen LogP contribution in [0.2, 0.25) is 0 Å². The lowest BCUT2D eigenvalue weighted by Gasteiger charge is -2.36. The molecular formula is C25H29N5O4S. The lowest BCUT2D eigenvalue weighted by Crippen LogP contribution is -2.40. The molecule has 0 bridgehead atoms.